The fourth-order valence-corrected chi connectivity index (χ4v) is 7.73. The minimum Gasteiger partial charge on any atom is -0.372 e. The first-order valence-corrected chi connectivity index (χ1v) is 16.6. The topological polar surface area (TPSA) is 38.0 Å². The van der Waals surface area contributed by atoms with E-state index in [4.69, 9.17) is 5.73 Å². The molecule has 1 aromatic heterocycles. The van der Waals surface area contributed by atoms with Gasteiger partial charge in [-0.1, -0.05) is 103 Å². The minimum atomic E-state index is -0.202. The summed E-state index contributed by atoms with van der Waals surface area (Å²) in [5.74, 6) is 0. The number of nitrogens with two attached hydrogens (primary N) is 1. The van der Waals surface area contributed by atoms with Gasteiger partial charge in [0, 0.05) is 25.1 Å². The van der Waals surface area contributed by atoms with Crippen molar-refractivity contribution in [2.45, 2.75) is 50.6 Å². The molecule has 6 rings (SSSR count). The Morgan fingerprint density at radius 3 is 2.53 bits per heavy atom. The number of nitrogens with one attached hydrogen (secondary N) is 1. The molecule has 0 spiro atoms. The van der Waals surface area contributed by atoms with Gasteiger partial charge in [-0.2, -0.15) is 0 Å². The number of thiophene rings is 1. The normalized spacial score (nSPS) is 14.2. The van der Waals surface area contributed by atoms with Crippen LogP contribution in [0.1, 0.15) is 55.5 Å². The molecule has 216 valence electrons. The Balaban J connectivity index is 1.06. The highest BCUT2D eigenvalue weighted by Crippen LogP contribution is 2.38. The van der Waals surface area contributed by atoms with Gasteiger partial charge in [-0.05, 0) is 108 Å². The van der Waals surface area contributed by atoms with Gasteiger partial charge in [0.15, 0.2) is 0 Å². The third kappa shape index (κ3) is 6.73. The molecule has 0 bridgehead atoms. The fraction of sp³-hybridized carbons (Fsp3) is 0.179. The lowest BCUT2D eigenvalue weighted by Gasteiger charge is -2.18. The Morgan fingerprint density at radius 1 is 0.907 bits per heavy atom. The molecule has 43 heavy (non-hydrogen) atoms. The van der Waals surface area contributed by atoms with Crippen molar-refractivity contribution < 1.29 is 0 Å². The molecule has 1 heterocycles. The van der Waals surface area contributed by atoms with E-state index in [-0.39, 0.29) is 6.17 Å². The van der Waals surface area contributed by atoms with Crippen molar-refractivity contribution in [1.82, 2.24) is 5.32 Å². The van der Waals surface area contributed by atoms with E-state index < -0.39 is 0 Å². The van der Waals surface area contributed by atoms with Crippen LogP contribution in [0.3, 0.4) is 0 Å². The highest BCUT2D eigenvalue weighted by Gasteiger charge is 2.13. The van der Waals surface area contributed by atoms with Gasteiger partial charge < -0.3 is 11.1 Å². The molecular weight excluding hydrogens is 561 g/mol. The van der Waals surface area contributed by atoms with E-state index in [9.17, 15) is 0 Å². The Kier molecular flexibility index (Phi) is 8.99. The Morgan fingerprint density at radius 2 is 1.72 bits per heavy atom. The van der Waals surface area contributed by atoms with Crippen LogP contribution in [0.25, 0.3) is 36.9 Å². The molecule has 5 aromatic rings. The average Bonchev–Trinajstić information content (AvgIpc) is 3.42. The third-order valence-electron chi connectivity index (χ3n) is 8.16. The van der Waals surface area contributed by atoms with Gasteiger partial charge in [-0.3, -0.25) is 0 Å². The summed E-state index contributed by atoms with van der Waals surface area (Å²) >= 11 is 3.69. The molecule has 1 aliphatic rings. The Labute approximate surface area is 263 Å². The van der Waals surface area contributed by atoms with Crippen molar-refractivity contribution in [2.24, 2.45) is 5.73 Å². The van der Waals surface area contributed by atoms with Crippen molar-refractivity contribution >= 4 is 48.8 Å². The molecule has 4 heteroatoms. The summed E-state index contributed by atoms with van der Waals surface area (Å²) in [5.41, 5.74) is 15.4. The number of hydrogen-bond donors (Lipinski definition) is 2. The van der Waals surface area contributed by atoms with E-state index in [2.05, 4.69) is 116 Å². The lowest BCUT2D eigenvalue weighted by Crippen LogP contribution is -2.24. The molecule has 0 radical (unpaired) electrons. The number of allylic oxidation sites excluding steroid dienone is 6. The molecule has 0 amide bonds. The van der Waals surface area contributed by atoms with Gasteiger partial charge >= 0.3 is 0 Å². The number of fused-ring (bicyclic) bond motifs is 3. The third-order valence-corrected chi connectivity index (χ3v) is 10.5. The van der Waals surface area contributed by atoms with Crippen LogP contribution in [-0.2, 0) is 0 Å². The van der Waals surface area contributed by atoms with Gasteiger partial charge in [-0.15, -0.1) is 11.3 Å². The standard InChI is InChI=1S/C39H38N2S2/c1-4-22-41-39(40)33-9-7-8-30(24-33)29-16-14-28(15-17-29)13-12-27(3)42-36-21-19-31(23-26(36)2)32-18-20-35-34-10-5-6-11-37(34)43-38(35)25-32/h4-11,14,16,18-25,39,41H,3,12-13,15,17,40H2,1-2H3/b22-4-. The number of hydrogen-bond acceptors (Lipinski definition) is 4. The fourth-order valence-electron chi connectivity index (χ4n) is 5.71. The molecule has 4 aromatic carbocycles. The Bertz CT molecular complexity index is 1890. The van der Waals surface area contributed by atoms with Crippen molar-refractivity contribution in [3.05, 3.63) is 143 Å². The highest BCUT2D eigenvalue weighted by atomic mass is 32.2. The van der Waals surface area contributed by atoms with Crippen LogP contribution in [0.5, 0.6) is 0 Å². The molecule has 1 atom stereocenters. The van der Waals surface area contributed by atoms with Gasteiger partial charge in [0.25, 0.3) is 0 Å². The summed E-state index contributed by atoms with van der Waals surface area (Å²) in [6.45, 7) is 8.61. The van der Waals surface area contributed by atoms with E-state index >= 15 is 0 Å². The van der Waals surface area contributed by atoms with E-state index in [1.54, 1.807) is 0 Å². The highest BCUT2D eigenvalue weighted by molar-refractivity contribution is 8.03. The van der Waals surface area contributed by atoms with Gasteiger partial charge in [0.2, 0.25) is 0 Å². The average molecular weight is 599 g/mol. The molecule has 3 N–H and O–H groups in total. The van der Waals surface area contributed by atoms with Crippen LogP contribution >= 0.6 is 23.1 Å². The van der Waals surface area contributed by atoms with Crippen molar-refractivity contribution in [3.8, 4) is 11.1 Å². The van der Waals surface area contributed by atoms with Gasteiger partial charge in [-0.25, -0.2) is 0 Å². The summed E-state index contributed by atoms with van der Waals surface area (Å²) in [6, 6.07) is 31.0. The van der Waals surface area contributed by atoms with E-state index in [1.807, 2.05) is 42.3 Å². The summed E-state index contributed by atoms with van der Waals surface area (Å²) in [7, 11) is 0. The van der Waals surface area contributed by atoms with Gasteiger partial charge in [0.05, 0.1) is 0 Å². The zero-order valence-corrected chi connectivity index (χ0v) is 26.5. The monoisotopic (exact) mass is 598 g/mol. The molecule has 0 saturated carbocycles. The first kappa shape index (κ1) is 29.3. The summed E-state index contributed by atoms with van der Waals surface area (Å²) in [4.78, 5) is 2.51. The number of benzene rings is 4. The van der Waals surface area contributed by atoms with Crippen molar-refractivity contribution in [1.29, 1.82) is 0 Å². The van der Waals surface area contributed by atoms with Crippen LogP contribution in [0.2, 0.25) is 0 Å². The smallest absolute Gasteiger partial charge is 0.100 e. The maximum Gasteiger partial charge on any atom is 0.100 e. The first-order valence-electron chi connectivity index (χ1n) is 15.0. The summed E-state index contributed by atoms with van der Waals surface area (Å²) < 4.78 is 2.69. The van der Waals surface area contributed by atoms with Gasteiger partial charge in [0.1, 0.15) is 6.17 Å². The maximum atomic E-state index is 6.29. The maximum absolute atomic E-state index is 6.29. The van der Waals surface area contributed by atoms with Crippen LogP contribution in [0.15, 0.2) is 131 Å². The molecule has 0 aliphatic heterocycles. The zero-order chi connectivity index (χ0) is 29.8. The predicted molar refractivity (Wildman–Crippen MR) is 190 cm³/mol. The molecular formula is C39H38N2S2. The second-order valence-corrected chi connectivity index (χ2v) is 13.5. The second kappa shape index (κ2) is 13.2. The van der Waals surface area contributed by atoms with Crippen LogP contribution < -0.4 is 11.1 Å². The quantitative estimate of drug-likeness (QED) is 0.124. The molecule has 1 unspecified atom stereocenters. The molecule has 0 saturated heterocycles. The SMILES string of the molecule is C=C(CCC1=CC=C(c2cccc(C(N)N/C=C\C)c2)CC1)Sc1ccc(-c2ccc3c(c2)sc2ccccc23)cc1C. The number of thioether (sulfide) groups is 1. The second-order valence-electron chi connectivity index (χ2n) is 11.2. The predicted octanol–water partition coefficient (Wildman–Crippen LogP) is 11.3. The van der Waals surface area contributed by atoms with E-state index in [0.717, 1.165) is 31.2 Å². The summed E-state index contributed by atoms with van der Waals surface area (Å²) in [5, 5.41) is 5.90. The molecule has 2 nitrogen and oxygen atoms in total. The van der Waals surface area contributed by atoms with E-state index in [0.29, 0.717) is 0 Å². The molecule has 0 fully saturated rings. The largest absolute Gasteiger partial charge is 0.372 e. The molecule has 1 aliphatic carbocycles. The van der Waals surface area contributed by atoms with E-state index in [1.165, 1.54) is 63.4 Å². The van der Waals surface area contributed by atoms with Crippen LogP contribution in [-0.4, -0.2) is 0 Å². The lowest BCUT2D eigenvalue weighted by molar-refractivity contribution is 0.652. The van der Waals surface area contributed by atoms with Crippen LogP contribution in [0.4, 0.5) is 0 Å². The lowest BCUT2D eigenvalue weighted by atomic mass is 9.90. The number of rotatable bonds is 10. The number of aryl methyl sites for hydroxylation is 1. The van der Waals surface area contributed by atoms with Crippen LogP contribution in [0, 0.1) is 6.92 Å². The summed E-state index contributed by atoms with van der Waals surface area (Å²) in [6.07, 6.45) is 12.4. The zero-order valence-electron chi connectivity index (χ0n) is 24.9. The minimum absolute atomic E-state index is 0.202. The first-order chi connectivity index (χ1) is 21.0. The van der Waals surface area contributed by atoms with Crippen molar-refractivity contribution in [2.75, 3.05) is 0 Å². The van der Waals surface area contributed by atoms with Crippen molar-refractivity contribution in [3.63, 3.8) is 0 Å². The Hall–Kier alpha value is -3.83.